The lowest BCUT2D eigenvalue weighted by Crippen LogP contribution is -2.44. The highest BCUT2D eigenvalue weighted by atomic mass is 16.1. The molecule has 0 unspecified atom stereocenters. The average molecular weight is 453 g/mol. The van der Waals surface area contributed by atoms with Crippen molar-refractivity contribution in [3.63, 3.8) is 0 Å². The molecule has 0 bridgehead atoms. The topological polar surface area (TPSA) is 64.9 Å². The molecule has 2 aromatic carbocycles. The van der Waals surface area contributed by atoms with Crippen molar-refractivity contribution < 1.29 is 4.79 Å². The minimum Gasteiger partial charge on any atom is -0.369 e. The minimum absolute atomic E-state index is 0.229. The molecule has 1 amide bonds. The lowest BCUT2D eigenvalue weighted by Gasteiger charge is -2.34. The van der Waals surface area contributed by atoms with E-state index in [0.29, 0.717) is 0 Å². The van der Waals surface area contributed by atoms with Crippen molar-refractivity contribution in [1.29, 1.82) is 0 Å². The van der Waals surface area contributed by atoms with E-state index in [4.69, 9.17) is 0 Å². The summed E-state index contributed by atoms with van der Waals surface area (Å²) in [5.74, 6) is 0.545. The molecule has 2 N–H and O–H groups in total. The number of hydrogen-bond acceptors (Lipinski definition) is 5. The van der Waals surface area contributed by atoms with E-state index in [-0.39, 0.29) is 5.91 Å². The van der Waals surface area contributed by atoms with Crippen LogP contribution in [0, 0.1) is 0 Å². The zero-order valence-corrected chi connectivity index (χ0v) is 19.2. The van der Waals surface area contributed by atoms with Gasteiger partial charge in [0.05, 0.1) is 5.52 Å². The zero-order valence-electron chi connectivity index (χ0n) is 19.2. The molecule has 1 saturated heterocycles. The molecule has 172 valence electrons. The highest BCUT2D eigenvalue weighted by Gasteiger charge is 2.14. The van der Waals surface area contributed by atoms with E-state index in [1.807, 2.05) is 47.3 Å². The molecule has 0 radical (unpaired) electrons. The van der Waals surface area contributed by atoms with Gasteiger partial charge in [-0.2, -0.15) is 0 Å². The Kier molecular flexibility index (Phi) is 6.01. The Bertz CT molecular complexity index is 1320. The second kappa shape index (κ2) is 9.41. The smallest absolute Gasteiger partial charge is 0.247 e. The number of likely N-dealkylation sites (N-methyl/N-ethyl adjacent to an activating group) is 1. The lowest BCUT2D eigenvalue weighted by molar-refractivity contribution is -0.111. The second-order valence-corrected chi connectivity index (χ2v) is 8.53. The van der Waals surface area contributed by atoms with Gasteiger partial charge in [0.25, 0.3) is 0 Å². The summed E-state index contributed by atoms with van der Waals surface area (Å²) in [6, 6.07) is 20.4. The van der Waals surface area contributed by atoms with Crippen LogP contribution in [-0.2, 0) is 4.79 Å². The van der Waals surface area contributed by atoms with E-state index in [1.54, 1.807) is 0 Å². The number of nitrogens with one attached hydrogen (secondary N) is 2. The van der Waals surface area contributed by atoms with E-state index in [9.17, 15) is 4.79 Å². The summed E-state index contributed by atoms with van der Waals surface area (Å²) >= 11 is 0. The van der Waals surface area contributed by atoms with Crippen molar-refractivity contribution in [2.45, 2.75) is 0 Å². The number of fused-ring (bicyclic) bond motifs is 1. The molecule has 0 spiro atoms. The third-order valence-electron chi connectivity index (χ3n) is 6.19. The van der Waals surface area contributed by atoms with Crippen molar-refractivity contribution in [2.24, 2.45) is 0 Å². The van der Waals surface area contributed by atoms with Gasteiger partial charge in [-0.15, -0.1) is 0 Å². The third kappa shape index (κ3) is 4.65. The number of carbonyl (C=O) groups excluding carboxylic acids is 1. The predicted molar refractivity (Wildman–Crippen MR) is 139 cm³/mol. The molecule has 1 aliphatic rings. The summed E-state index contributed by atoms with van der Waals surface area (Å²) < 4.78 is 1.99. The van der Waals surface area contributed by atoms with Crippen LogP contribution in [-0.4, -0.2) is 53.4 Å². The molecular weight excluding hydrogens is 424 g/mol. The number of piperazine rings is 1. The molecule has 1 aliphatic heterocycles. The van der Waals surface area contributed by atoms with Crippen LogP contribution in [0.15, 0.2) is 85.8 Å². The first-order valence-corrected chi connectivity index (χ1v) is 11.4. The average Bonchev–Trinajstić information content (AvgIpc) is 3.28. The predicted octanol–water partition coefficient (Wildman–Crippen LogP) is 4.62. The summed E-state index contributed by atoms with van der Waals surface area (Å²) in [6.45, 7) is 7.80. The van der Waals surface area contributed by atoms with E-state index in [1.165, 1.54) is 11.8 Å². The van der Waals surface area contributed by atoms with Crippen molar-refractivity contribution in [3.05, 3.63) is 85.8 Å². The first kappa shape index (κ1) is 21.7. The Morgan fingerprint density at radius 1 is 1.00 bits per heavy atom. The lowest BCUT2D eigenvalue weighted by atomic mass is 10.1. The highest BCUT2D eigenvalue weighted by molar-refractivity contribution is 5.99. The number of aromatic nitrogens is 2. The molecular formula is C27H28N6O. The molecule has 2 aromatic heterocycles. The Morgan fingerprint density at radius 2 is 1.79 bits per heavy atom. The number of anilines is 4. The van der Waals surface area contributed by atoms with Gasteiger partial charge in [-0.3, -0.25) is 4.79 Å². The standard InChI is InChI=1S/C27H28N6O/c1-3-27(34)30-22-6-4-5-20(17-22)24-11-12-33-19-28-26(18-25(24)33)29-21-7-9-23(10-8-21)32-15-13-31(2)14-16-32/h3-12,17-19,29H,1,13-16H2,2H3,(H,30,34). The molecule has 7 nitrogen and oxygen atoms in total. The summed E-state index contributed by atoms with van der Waals surface area (Å²) in [4.78, 5) is 21.0. The molecule has 5 rings (SSSR count). The summed E-state index contributed by atoms with van der Waals surface area (Å²) in [5, 5.41) is 6.25. The van der Waals surface area contributed by atoms with Crippen molar-refractivity contribution >= 4 is 34.3 Å². The van der Waals surface area contributed by atoms with Gasteiger partial charge in [0, 0.05) is 61.1 Å². The number of benzene rings is 2. The SMILES string of the molecule is C=CC(=O)Nc1cccc(-c2ccn3cnc(Nc4ccc(N5CCN(C)CC5)cc4)cc23)c1. The Hall–Kier alpha value is -4.10. The molecule has 1 fully saturated rings. The maximum Gasteiger partial charge on any atom is 0.247 e. The van der Waals surface area contributed by atoms with Gasteiger partial charge in [0.2, 0.25) is 5.91 Å². The van der Waals surface area contributed by atoms with Crippen LogP contribution >= 0.6 is 0 Å². The van der Waals surface area contributed by atoms with Gasteiger partial charge in [-0.25, -0.2) is 4.98 Å². The molecule has 34 heavy (non-hydrogen) atoms. The van der Waals surface area contributed by atoms with Crippen molar-refractivity contribution in [1.82, 2.24) is 14.3 Å². The maximum absolute atomic E-state index is 11.7. The van der Waals surface area contributed by atoms with Gasteiger partial charge in [0.15, 0.2) is 0 Å². The van der Waals surface area contributed by atoms with Gasteiger partial charge in [-0.05, 0) is 61.2 Å². The van der Waals surface area contributed by atoms with E-state index in [2.05, 4.69) is 69.4 Å². The molecule has 3 heterocycles. The number of hydrogen-bond donors (Lipinski definition) is 2. The number of carbonyl (C=O) groups is 1. The number of nitrogens with zero attached hydrogens (tertiary/aromatic N) is 4. The van der Waals surface area contributed by atoms with Gasteiger partial charge < -0.3 is 24.8 Å². The molecule has 7 heteroatoms. The van der Waals surface area contributed by atoms with Crippen LogP contribution < -0.4 is 15.5 Å². The van der Waals surface area contributed by atoms with E-state index < -0.39 is 0 Å². The first-order chi connectivity index (χ1) is 16.6. The van der Waals surface area contributed by atoms with Crippen LogP contribution in [0.5, 0.6) is 0 Å². The van der Waals surface area contributed by atoms with Crippen molar-refractivity contribution in [2.75, 3.05) is 48.8 Å². The minimum atomic E-state index is -0.229. The van der Waals surface area contributed by atoms with E-state index >= 15 is 0 Å². The van der Waals surface area contributed by atoms with Crippen LogP contribution in [0.2, 0.25) is 0 Å². The molecule has 0 atom stereocenters. The molecule has 0 aliphatic carbocycles. The van der Waals surface area contributed by atoms with Gasteiger partial charge in [0.1, 0.15) is 12.1 Å². The van der Waals surface area contributed by atoms with Gasteiger partial charge >= 0.3 is 0 Å². The zero-order chi connectivity index (χ0) is 23.5. The van der Waals surface area contributed by atoms with Crippen molar-refractivity contribution in [3.8, 4) is 11.1 Å². The maximum atomic E-state index is 11.7. The first-order valence-electron chi connectivity index (χ1n) is 11.4. The van der Waals surface area contributed by atoms with Gasteiger partial charge in [-0.1, -0.05) is 18.7 Å². The third-order valence-corrected chi connectivity index (χ3v) is 6.19. The van der Waals surface area contributed by atoms with Crippen LogP contribution in [0.25, 0.3) is 16.6 Å². The molecule has 0 saturated carbocycles. The monoisotopic (exact) mass is 452 g/mol. The largest absolute Gasteiger partial charge is 0.369 e. The fraction of sp³-hybridized carbons (Fsp3) is 0.185. The molecule has 4 aromatic rings. The Labute approximate surface area is 199 Å². The van der Waals surface area contributed by atoms with E-state index in [0.717, 1.165) is 60.0 Å². The summed E-state index contributed by atoms with van der Waals surface area (Å²) in [7, 11) is 2.17. The van der Waals surface area contributed by atoms with Crippen LogP contribution in [0.4, 0.5) is 22.9 Å². The Balaban J connectivity index is 1.36. The fourth-order valence-corrected chi connectivity index (χ4v) is 4.24. The summed E-state index contributed by atoms with van der Waals surface area (Å²) in [5.41, 5.74) is 6.08. The number of rotatable bonds is 6. The number of amides is 1. The second-order valence-electron chi connectivity index (χ2n) is 8.53. The Morgan fingerprint density at radius 3 is 2.56 bits per heavy atom. The quantitative estimate of drug-likeness (QED) is 0.418. The van der Waals surface area contributed by atoms with Crippen LogP contribution in [0.3, 0.4) is 0 Å². The normalized spacial score (nSPS) is 14.2. The highest BCUT2D eigenvalue weighted by Crippen LogP contribution is 2.29. The fourth-order valence-electron chi connectivity index (χ4n) is 4.24. The van der Waals surface area contributed by atoms with Crippen LogP contribution in [0.1, 0.15) is 0 Å². The summed E-state index contributed by atoms with van der Waals surface area (Å²) in [6.07, 6.45) is 5.06.